The molecule has 1 unspecified atom stereocenters. The fraction of sp³-hybridized carbons (Fsp3) is 0.625. The number of aliphatic hydroxyl groups is 1. The molecule has 62 valence electrons. The van der Waals surface area contributed by atoms with Crippen LogP contribution in [0.3, 0.4) is 0 Å². The maximum atomic E-state index is 10.7. The Morgan fingerprint density at radius 3 is 2.36 bits per heavy atom. The third-order valence-corrected chi connectivity index (χ3v) is 1.63. The summed E-state index contributed by atoms with van der Waals surface area (Å²) < 4.78 is 4.86. The standard InChI is InChI=1S/C8H12O3/c1-5-4-6(9)11-7(5)8(2,3)10/h4,7,10H,1-3H3. The summed E-state index contributed by atoms with van der Waals surface area (Å²) in [5.41, 5.74) is -0.199. The highest BCUT2D eigenvalue weighted by atomic mass is 16.6. The SMILES string of the molecule is CC1=CC(=O)OC1C(C)(C)O. The van der Waals surface area contributed by atoms with Gasteiger partial charge in [0.1, 0.15) is 0 Å². The normalized spacial score (nSPS) is 24.9. The highest BCUT2D eigenvalue weighted by Crippen LogP contribution is 2.24. The molecule has 1 rings (SSSR count). The first-order chi connectivity index (χ1) is 4.91. The van der Waals surface area contributed by atoms with Crippen LogP contribution in [0.4, 0.5) is 0 Å². The number of ether oxygens (including phenoxy) is 1. The quantitative estimate of drug-likeness (QED) is 0.566. The van der Waals surface area contributed by atoms with Gasteiger partial charge in [0, 0.05) is 6.08 Å². The van der Waals surface area contributed by atoms with Crippen molar-refractivity contribution in [3.05, 3.63) is 11.6 Å². The molecule has 0 aromatic carbocycles. The number of rotatable bonds is 1. The van der Waals surface area contributed by atoms with Crippen molar-refractivity contribution in [1.29, 1.82) is 0 Å². The van der Waals surface area contributed by atoms with E-state index in [1.54, 1.807) is 20.8 Å². The monoisotopic (exact) mass is 156 g/mol. The van der Waals surface area contributed by atoms with Gasteiger partial charge < -0.3 is 9.84 Å². The number of cyclic esters (lactones) is 1. The number of esters is 1. The molecule has 1 heterocycles. The third kappa shape index (κ3) is 1.60. The van der Waals surface area contributed by atoms with Gasteiger partial charge in [-0.1, -0.05) is 0 Å². The van der Waals surface area contributed by atoms with Crippen LogP contribution in [0.1, 0.15) is 20.8 Å². The molecule has 11 heavy (non-hydrogen) atoms. The second-order valence-electron chi connectivity index (χ2n) is 3.36. The van der Waals surface area contributed by atoms with Gasteiger partial charge >= 0.3 is 5.97 Å². The molecule has 0 bridgehead atoms. The van der Waals surface area contributed by atoms with Crippen LogP contribution < -0.4 is 0 Å². The summed E-state index contributed by atoms with van der Waals surface area (Å²) in [4.78, 5) is 10.7. The van der Waals surface area contributed by atoms with E-state index >= 15 is 0 Å². The lowest BCUT2D eigenvalue weighted by Crippen LogP contribution is -2.37. The smallest absolute Gasteiger partial charge is 0.331 e. The minimum absolute atomic E-state index is 0.366. The van der Waals surface area contributed by atoms with Gasteiger partial charge in [-0.3, -0.25) is 0 Å². The molecule has 1 N–H and O–H groups in total. The van der Waals surface area contributed by atoms with E-state index in [1.807, 2.05) is 0 Å². The van der Waals surface area contributed by atoms with Crippen LogP contribution in [0.15, 0.2) is 11.6 Å². The van der Waals surface area contributed by atoms with Gasteiger partial charge in [0.2, 0.25) is 0 Å². The molecule has 3 heteroatoms. The molecular formula is C8H12O3. The Labute approximate surface area is 65.7 Å². The van der Waals surface area contributed by atoms with Crippen LogP contribution in [0.5, 0.6) is 0 Å². The zero-order valence-electron chi connectivity index (χ0n) is 6.92. The molecule has 0 amide bonds. The fourth-order valence-corrected chi connectivity index (χ4v) is 1.21. The summed E-state index contributed by atoms with van der Waals surface area (Å²) in [5, 5.41) is 9.49. The third-order valence-electron chi connectivity index (χ3n) is 1.63. The van der Waals surface area contributed by atoms with Crippen molar-refractivity contribution >= 4 is 5.97 Å². The van der Waals surface area contributed by atoms with Gasteiger partial charge in [-0.2, -0.15) is 0 Å². The van der Waals surface area contributed by atoms with Gasteiger partial charge in [-0.15, -0.1) is 0 Å². The van der Waals surface area contributed by atoms with Gasteiger partial charge in [0.05, 0.1) is 5.60 Å². The minimum atomic E-state index is -0.979. The van der Waals surface area contributed by atoms with E-state index in [0.717, 1.165) is 5.57 Å². The highest BCUT2D eigenvalue weighted by molar-refractivity contribution is 5.85. The Morgan fingerprint density at radius 1 is 1.64 bits per heavy atom. The van der Waals surface area contributed by atoms with E-state index in [-0.39, 0.29) is 5.97 Å². The number of carbonyl (C=O) groups is 1. The fourth-order valence-electron chi connectivity index (χ4n) is 1.21. The summed E-state index contributed by atoms with van der Waals surface area (Å²) >= 11 is 0. The van der Waals surface area contributed by atoms with E-state index in [0.29, 0.717) is 0 Å². The van der Waals surface area contributed by atoms with Crippen LogP contribution >= 0.6 is 0 Å². The maximum Gasteiger partial charge on any atom is 0.331 e. The molecule has 0 aromatic rings. The minimum Gasteiger partial charge on any atom is -0.452 e. The van der Waals surface area contributed by atoms with E-state index in [2.05, 4.69) is 0 Å². The molecule has 0 saturated carbocycles. The summed E-state index contributed by atoms with van der Waals surface area (Å²) in [6, 6.07) is 0. The van der Waals surface area contributed by atoms with E-state index in [4.69, 9.17) is 4.74 Å². The number of carbonyl (C=O) groups excluding carboxylic acids is 1. The zero-order valence-corrected chi connectivity index (χ0v) is 6.92. The van der Waals surface area contributed by atoms with E-state index in [1.165, 1.54) is 6.08 Å². The number of hydrogen-bond acceptors (Lipinski definition) is 3. The average Bonchev–Trinajstić information content (AvgIpc) is 2.08. The first kappa shape index (κ1) is 8.27. The van der Waals surface area contributed by atoms with Crippen molar-refractivity contribution in [3.63, 3.8) is 0 Å². The van der Waals surface area contributed by atoms with Crippen LogP contribution in [-0.2, 0) is 9.53 Å². The Bertz CT molecular complexity index is 210. The molecular weight excluding hydrogens is 144 g/mol. The van der Waals surface area contributed by atoms with Crippen molar-refractivity contribution in [2.24, 2.45) is 0 Å². The van der Waals surface area contributed by atoms with Crippen molar-refractivity contribution in [2.75, 3.05) is 0 Å². The largest absolute Gasteiger partial charge is 0.452 e. The molecule has 1 aliphatic rings. The van der Waals surface area contributed by atoms with Gasteiger partial charge in [0.15, 0.2) is 6.10 Å². The zero-order chi connectivity index (χ0) is 8.65. The molecule has 0 fully saturated rings. The van der Waals surface area contributed by atoms with Gasteiger partial charge in [-0.25, -0.2) is 4.79 Å². The lowest BCUT2D eigenvalue weighted by atomic mass is 9.97. The molecule has 0 aliphatic carbocycles. The Balaban J connectivity index is 2.80. The summed E-state index contributed by atoms with van der Waals surface area (Å²) in [6.07, 6.45) is 0.929. The predicted molar refractivity (Wildman–Crippen MR) is 39.9 cm³/mol. The first-order valence-electron chi connectivity index (χ1n) is 3.52. The summed E-state index contributed by atoms with van der Waals surface area (Å²) in [5.74, 6) is -0.366. The van der Waals surface area contributed by atoms with Crippen molar-refractivity contribution in [1.82, 2.24) is 0 Å². The Hall–Kier alpha value is -0.830. The van der Waals surface area contributed by atoms with E-state index in [9.17, 15) is 9.90 Å². The summed E-state index contributed by atoms with van der Waals surface area (Å²) in [7, 11) is 0. The molecule has 0 aromatic heterocycles. The number of hydrogen-bond donors (Lipinski definition) is 1. The van der Waals surface area contributed by atoms with Crippen molar-refractivity contribution < 1.29 is 14.6 Å². The van der Waals surface area contributed by atoms with Crippen molar-refractivity contribution in [3.8, 4) is 0 Å². The molecule has 0 radical (unpaired) electrons. The lowest BCUT2D eigenvalue weighted by Gasteiger charge is -2.25. The maximum absolute atomic E-state index is 10.7. The molecule has 3 nitrogen and oxygen atoms in total. The molecule has 0 saturated heterocycles. The van der Waals surface area contributed by atoms with Crippen molar-refractivity contribution in [2.45, 2.75) is 32.5 Å². The van der Waals surface area contributed by atoms with Crippen LogP contribution in [0, 0.1) is 0 Å². The Kier molecular flexibility index (Phi) is 1.76. The Morgan fingerprint density at radius 2 is 2.18 bits per heavy atom. The second kappa shape index (κ2) is 2.34. The highest BCUT2D eigenvalue weighted by Gasteiger charge is 2.35. The molecule has 0 spiro atoms. The van der Waals surface area contributed by atoms with E-state index < -0.39 is 11.7 Å². The molecule has 1 aliphatic heterocycles. The van der Waals surface area contributed by atoms with Crippen LogP contribution in [0.25, 0.3) is 0 Å². The summed E-state index contributed by atoms with van der Waals surface area (Å²) in [6.45, 7) is 5.01. The van der Waals surface area contributed by atoms with Crippen LogP contribution in [-0.4, -0.2) is 22.8 Å². The van der Waals surface area contributed by atoms with Crippen LogP contribution in [0.2, 0.25) is 0 Å². The topological polar surface area (TPSA) is 46.5 Å². The first-order valence-corrected chi connectivity index (χ1v) is 3.52. The lowest BCUT2D eigenvalue weighted by molar-refractivity contribution is -0.147. The molecule has 1 atom stereocenters. The average molecular weight is 156 g/mol. The predicted octanol–water partition coefficient (Wildman–Crippen LogP) is 0.629. The van der Waals surface area contributed by atoms with Gasteiger partial charge in [0.25, 0.3) is 0 Å². The van der Waals surface area contributed by atoms with Gasteiger partial charge in [-0.05, 0) is 26.3 Å². The second-order valence-corrected chi connectivity index (χ2v) is 3.36.